The van der Waals surface area contributed by atoms with Crippen LogP contribution in [0.4, 0.5) is 11.5 Å². The molecule has 0 unspecified atom stereocenters. The molecule has 4 aromatic rings. The predicted octanol–water partition coefficient (Wildman–Crippen LogP) is 4.69. The van der Waals surface area contributed by atoms with Crippen LogP contribution in [0.3, 0.4) is 0 Å². The molecule has 0 atom stereocenters. The van der Waals surface area contributed by atoms with Crippen LogP contribution in [0.5, 0.6) is 5.75 Å². The summed E-state index contributed by atoms with van der Waals surface area (Å²) in [5, 5.41) is 15.9. The molecule has 0 spiro atoms. The van der Waals surface area contributed by atoms with Gasteiger partial charge in [-0.05, 0) is 61.2 Å². The van der Waals surface area contributed by atoms with Gasteiger partial charge < -0.3 is 24.6 Å². The van der Waals surface area contributed by atoms with E-state index in [4.69, 9.17) is 14.4 Å². The maximum absolute atomic E-state index is 12.7. The number of carbonyl (C=O) groups excluding carboxylic acids is 1. The largest absolute Gasteiger partial charge is 0.493 e. The Balaban J connectivity index is 1.10. The molecule has 0 bridgehead atoms. The summed E-state index contributed by atoms with van der Waals surface area (Å²) in [5.41, 5.74) is 2.11. The number of amides is 1. The lowest BCUT2D eigenvalue weighted by atomic mass is 9.98. The zero-order valence-corrected chi connectivity index (χ0v) is 20.8. The minimum Gasteiger partial charge on any atom is -0.493 e. The summed E-state index contributed by atoms with van der Waals surface area (Å²) in [5.74, 6) is 1.58. The molecule has 0 aliphatic carbocycles. The number of carboxylic acids is 1. The number of aromatic nitrogens is 3. The molecule has 1 aliphatic heterocycles. The topological polar surface area (TPSA) is 131 Å². The minimum atomic E-state index is -0.965. The van der Waals surface area contributed by atoms with Crippen LogP contribution >= 0.6 is 0 Å². The van der Waals surface area contributed by atoms with E-state index in [9.17, 15) is 9.59 Å². The number of carboxylic acid groups (broad SMARTS) is 1. The van der Waals surface area contributed by atoms with Crippen LogP contribution in [0.2, 0.25) is 0 Å². The Hall–Kier alpha value is -4.73. The lowest BCUT2D eigenvalue weighted by molar-refractivity contribution is 0.0696. The van der Waals surface area contributed by atoms with Gasteiger partial charge in [-0.15, -0.1) is 0 Å². The van der Waals surface area contributed by atoms with E-state index in [2.05, 4.69) is 25.3 Å². The van der Waals surface area contributed by atoms with Crippen LogP contribution in [0.15, 0.2) is 71.4 Å². The van der Waals surface area contributed by atoms with Crippen LogP contribution in [0.1, 0.15) is 39.4 Å². The number of pyridine rings is 1. The van der Waals surface area contributed by atoms with Crippen LogP contribution < -0.4 is 15.0 Å². The first-order valence-electron chi connectivity index (χ1n) is 12.3. The van der Waals surface area contributed by atoms with Crippen molar-refractivity contribution in [1.82, 2.24) is 15.1 Å². The van der Waals surface area contributed by atoms with E-state index in [1.807, 2.05) is 12.1 Å². The molecule has 2 aromatic heterocycles. The van der Waals surface area contributed by atoms with Gasteiger partial charge in [-0.25, -0.2) is 9.78 Å². The number of anilines is 2. The SMILES string of the molecule is Cc1nc(-c2ccc(C(=O)Nc3ccc(N4CCC(COc5cccc(C(=O)O)c5)CC4)nc3)cc2)no1. The van der Waals surface area contributed by atoms with Crippen molar-refractivity contribution in [3.05, 3.63) is 83.9 Å². The van der Waals surface area contributed by atoms with Crippen molar-refractivity contribution in [2.24, 2.45) is 5.92 Å². The number of hydrogen-bond donors (Lipinski definition) is 2. The second-order valence-electron chi connectivity index (χ2n) is 9.15. The van der Waals surface area contributed by atoms with E-state index >= 15 is 0 Å². The third-order valence-corrected chi connectivity index (χ3v) is 6.44. The van der Waals surface area contributed by atoms with Gasteiger partial charge in [0.05, 0.1) is 24.1 Å². The van der Waals surface area contributed by atoms with Gasteiger partial charge in [0, 0.05) is 31.1 Å². The Morgan fingerprint density at radius 2 is 1.87 bits per heavy atom. The third-order valence-electron chi connectivity index (χ3n) is 6.44. The summed E-state index contributed by atoms with van der Waals surface area (Å²) in [6, 6.07) is 17.3. The number of piperidine rings is 1. The minimum absolute atomic E-state index is 0.219. The van der Waals surface area contributed by atoms with Crippen molar-refractivity contribution in [2.45, 2.75) is 19.8 Å². The predicted molar refractivity (Wildman–Crippen MR) is 140 cm³/mol. The Morgan fingerprint density at radius 3 is 2.53 bits per heavy atom. The summed E-state index contributed by atoms with van der Waals surface area (Å²) in [6.07, 6.45) is 3.55. The third kappa shape index (κ3) is 5.97. The zero-order valence-electron chi connectivity index (χ0n) is 20.8. The molecular formula is C28H27N5O5. The first-order chi connectivity index (χ1) is 18.4. The molecule has 38 heavy (non-hydrogen) atoms. The first kappa shape index (κ1) is 24.9. The fourth-order valence-corrected chi connectivity index (χ4v) is 4.30. The smallest absolute Gasteiger partial charge is 0.335 e. The first-order valence-corrected chi connectivity index (χ1v) is 12.3. The van der Waals surface area contributed by atoms with Crippen LogP contribution in [-0.4, -0.2) is 51.8 Å². The average Bonchev–Trinajstić information content (AvgIpc) is 3.39. The molecule has 1 aliphatic rings. The van der Waals surface area contributed by atoms with Gasteiger partial charge in [0.1, 0.15) is 11.6 Å². The highest BCUT2D eigenvalue weighted by atomic mass is 16.5. The van der Waals surface area contributed by atoms with Gasteiger partial charge in [0.25, 0.3) is 5.91 Å². The van der Waals surface area contributed by atoms with E-state index in [0.717, 1.165) is 37.3 Å². The maximum atomic E-state index is 12.7. The van der Waals surface area contributed by atoms with Crippen LogP contribution in [0.25, 0.3) is 11.4 Å². The van der Waals surface area contributed by atoms with E-state index < -0.39 is 5.97 Å². The maximum Gasteiger partial charge on any atom is 0.335 e. The van der Waals surface area contributed by atoms with E-state index in [1.165, 1.54) is 0 Å². The average molecular weight is 514 g/mol. The molecule has 5 rings (SSSR count). The monoisotopic (exact) mass is 513 g/mol. The summed E-state index contributed by atoms with van der Waals surface area (Å²) >= 11 is 0. The number of benzene rings is 2. The van der Waals surface area contributed by atoms with Gasteiger partial charge in [-0.2, -0.15) is 4.98 Å². The normalized spacial score (nSPS) is 13.8. The fourth-order valence-electron chi connectivity index (χ4n) is 4.30. The lowest BCUT2D eigenvalue weighted by Crippen LogP contribution is -2.36. The highest BCUT2D eigenvalue weighted by Crippen LogP contribution is 2.24. The number of aromatic carboxylic acids is 1. The van der Waals surface area contributed by atoms with Gasteiger partial charge in [0.15, 0.2) is 0 Å². The van der Waals surface area contributed by atoms with Crippen molar-refractivity contribution >= 4 is 23.4 Å². The van der Waals surface area contributed by atoms with Crippen molar-refractivity contribution in [1.29, 1.82) is 0 Å². The Kier molecular flexibility index (Phi) is 7.30. The van der Waals surface area contributed by atoms with Gasteiger partial charge in [-0.1, -0.05) is 23.4 Å². The molecule has 1 saturated heterocycles. The number of aryl methyl sites for hydroxylation is 1. The molecule has 0 saturated carbocycles. The van der Waals surface area contributed by atoms with Gasteiger partial charge >= 0.3 is 5.97 Å². The van der Waals surface area contributed by atoms with Gasteiger partial charge in [0.2, 0.25) is 11.7 Å². The Bertz CT molecular complexity index is 1410. The molecule has 3 heterocycles. The second kappa shape index (κ2) is 11.1. The van der Waals surface area contributed by atoms with Crippen molar-refractivity contribution in [3.8, 4) is 17.1 Å². The summed E-state index contributed by atoms with van der Waals surface area (Å²) in [7, 11) is 0. The molecule has 10 heteroatoms. The summed E-state index contributed by atoms with van der Waals surface area (Å²) in [4.78, 5) is 34.7. The van der Waals surface area contributed by atoms with Crippen molar-refractivity contribution in [3.63, 3.8) is 0 Å². The molecule has 1 fully saturated rings. The zero-order chi connectivity index (χ0) is 26.5. The molecule has 2 aromatic carbocycles. The number of ether oxygens (including phenoxy) is 1. The van der Waals surface area contributed by atoms with E-state index in [1.54, 1.807) is 61.7 Å². The number of rotatable bonds is 8. The van der Waals surface area contributed by atoms with Crippen molar-refractivity contribution < 1.29 is 24.0 Å². The molecule has 194 valence electrons. The number of hydrogen-bond acceptors (Lipinski definition) is 8. The van der Waals surface area contributed by atoms with Crippen LogP contribution in [-0.2, 0) is 0 Å². The Morgan fingerprint density at radius 1 is 1.08 bits per heavy atom. The molecule has 2 N–H and O–H groups in total. The number of nitrogens with zero attached hydrogens (tertiary/aromatic N) is 4. The quantitative estimate of drug-likeness (QED) is 0.345. The van der Waals surface area contributed by atoms with E-state index in [0.29, 0.717) is 41.2 Å². The molecule has 10 nitrogen and oxygen atoms in total. The molecule has 0 radical (unpaired) electrons. The number of carbonyl (C=O) groups is 2. The standard InChI is InChI=1S/C28H27N5O5/c1-18-30-26(32-38-18)20-5-7-21(8-6-20)27(34)31-23-9-10-25(29-16-23)33-13-11-19(12-14-33)17-37-24-4-2-3-22(15-24)28(35)36/h2-10,15-16,19H,11-14,17H2,1H3,(H,31,34)(H,35,36). The van der Waals surface area contributed by atoms with E-state index in [-0.39, 0.29) is 11.5 Å². The van der Waals surface area contributed by atoms with Crippen LogP contribution in [0, 0.1) is 12.8 Å². The van der Waals surface area contributed by atoms with Crippen molar-refractivity contribution in [2.75, 3.05) is 29.9 Å². The number of nitrogens with one attached hydrogen (secondary N) is 1. The van der Waals surface area contributed by atoms with Gasteiger partial charge in [-0.3, -0.25) is 4.79 Å². The summed E-state index contributed by atoms with van der Waals surface area (Å²) in [6.45, 7) is 3.95. The highest BCUT2D eigenvalue weighted by molar-refractivity contribution is 6.04. The molecular weight excluding hydrogens is 486 g/mol. The Labute approximate surface area is 219 Å². The second-order valence-corrected chi connectivity index (χ2v) is 9.15. The molecule has 1 amide bonds. The fraction of sp³-hybridized carbons (Fsp3) is 0.250. The highest BCUT2D eigenvalue weighted by Gasteiger charge is 2.21. The lowest BCUT2D eigenvalue weighted by Gasteiger charge is -2.32. The summed E-state index contributed by atoms with van der Waals surface area (Å²) < 4.78 is 10.8.